The molecule has 1 aromatic carbocycles. The molecule has 1 fully saturated rings. The molecule has 0 amide bonds. The minimum atomic E-state index is 0.890. The van der Waals surface area contributed by atoms with Crippen LogP contribution in [-0.2, 0) is 12.8 Å². The van der Waals surface area contributed by atoms with Crippen LogP contribution in [0.5, 0.6) is 0 Å². The highest BCUT2D eigenvalue weighted by atomic mass is 14.7. The van der Waals surface area contributed by atoms with E-state index < -0.39 is 0 Å². The van der Waals surface area contributed by atoms with Crippen molar-refractivity contribution in [2.24, 2.45) is 5.92 Å². The quantitative estimate of drug-likeness (QED) is 0.442. The molecule has 2 aliphatic carbocycles. The van der Waals surface area contributed by atoms with E-state index in [1.54, 1.807) is 5.56 Å². The predicted octanol–water partition coefficient (Wildman–Crippen LogP) is 7.88. The van der Waals surface area contributed by atoms with Crippen molar-refractivity contribution in [2.75, 3.05) is 0 Å². The van der Waals surface area contributed by atoms with Gasteiger partial charge in [0.15, 0.2) is 0 Å². The first kappa shape index (κ1) is 21.6. The van der Waals surface area contributed by atoms with Crippen molar-refractivity contribution in [3.05, 3.63) is 99.6 Å². The van der Waals surface area contributed by atoms with Crippen LogP contribution in [0.4, 0.5) is 0 Å². The van der Waals surface area contributed by atoms with Gasteiger partial charge in [-0.15, -0.1) is 5.73 Å². The van der Waals surface area contributed by atoms with Gasteiger partial charge in [-0.25, -0.2) is 0 Å². The third kappa shape index (κ3) is 5.17. The van der Waals surface area contributed by atoms with E-state index in [0.717, 1.165) is 30.0 Å². The number of rotatable bonds is 6. The average Bonchev–Trinajstić information content (AvgIpc) is 2.99. The summed E-state index contributed by atoms with van der Waals surface area (Å²) in [6.07, 6.45) is 18.6. The van der Waals surface area contributed by atoms with Gasteiger partial charge in [0.05, 0.1) is 5.69 Å². The third-order valence-corrected chi connectivity index (χ3v) is 7.26. The van der Waals surface area contributed by atoms with E-state index >= 15 is 0 Å². The van der Waals surface area contributed by atoms with Crippen LogP contribution in [0.2, 0.25) is 0 Å². The van der Waals surface area contributed by atoms with Crippen molar-refractivity contribution in [3.8, 4) is 0 Å². The number of allylic oxidation sites excluding steroid dienone is 5. The second-order valence-electron chi connectivity index (χ2n) is 9.26. The molecule has 2 aromatic rings. The minimum absolute atomic E-state index is 0.890. The lowest BCUT2D eigenvalue weighted by molar-refractivity contribution is 0.356. The Labute approximate surface area is 188 Å². The Morgan fingerprint density at radius 1 is 0.903 bits per heavy atom. The molecule has 1 saturated carbocycles. The van der Waals surface area contributed by atoms with Crippen LogP contribution in [0.3, 0.4) is 0 Å². The maximum Gasteiger partial charge on any atom is 0.0782 e. The molecule has 1 heterocycles. The Hall–Kier alpha value is -2.63. The Balaban J connectivity index is 1.53. The van der Waals surface area contributed by atoms with E-state index in [-0.39, 0.29) is 0 Å². The topological polar surface area (TPSA) is 12.9 Å². The molecular weight excluding hydrogens is 374 g/mol. The first-order valence-corrected chi connectivity index (χ1v) is 12.0. The van der Waals surface area contributed by atoms with E-state index in [1.165, 1.54) is 66.4 Å². The zero-order valence-corrected chi connectivity index (χ0v) is 19.4. The van der Waals surface area contributed by atoms with Crippen LogP contribution in [0.15, 0.2) is 71.6 Å². The summed E-state index contributed by atoms with van der Waals surface area (Å²) < 4.78 is 0. The van der Waals surface area contributed by atoms with Gasteiger partial charge in [-0.1, -0.05) is 62.5 Å². The van der Waals surface area contributed by atoms with Crippen molar-refractivity contribution in [2.45, 2.75) is 72.1 Å². The molecule has 0 saturated heterocycles. The maximum absolute atomic E-state index is 4.60. The van der Waals surface area contributed by atoms with Gasteiger partial charge in [0.1, 0.15) is 0 Å². The molecule has 4 rings (SSSR count). The van der Waals surface area contributed by atoms with Gasteiger partial charge < -0.3 is 0 Å². The van der Waals surface area contributed by atoms with E-state index in [0.29, 0.717) is 0 Å². The first-order chi connectivity index (χ1) is 15.1. The van der Waals surface area contributed by atoms with Gasteiger partial charge in [0.25, 0.3) is 0 Å². The second-order valence-corrected chi connectivity index (χ2v) is 9.26. The summed E-state index contributed by atoms with van der Waals surface area (Å²) in [6.45, 7) is 6.86. The zero-order valence-electron chi connectivity index (χ0n) is 19.4. The second kappa shape index (κ2) is 10.1. The van der Waals surface area contributed by atoms with Crippen LogP contribution >= 0.6 is 0 Å². The average molecular weight is 410 g/mol. The molecule has 1 nitrogen and oxygen atoms in total. The van der Waals surface area contributed by atoms with Gasteiger partial charge in [0, 0.05) is 11.8 Å². The lowest BCUT2D eigenvalue weighted by Gasteiger charge is -2.23. The predicted molar refractivity (Wildman–Crippen MR) is 132 cm³/mol. The first-order valence-electron chi connectivity index (χ1n) is 12.0. The smallest absolute Gasteiger partial charge is 0.0782 e. The van der Waals surface area contributed by atoms with Gasteiger partial charge in [-0.2, -0.15) is 0 Å². The van der Waals surface area contributed by atoms with Crippen LogP contribution in [0.25, 0.3) is 5.57 Å². The molecule has 2 aliphatic rings. The van der Waals surface area contributed by atoms with Crippen molar-refractivity contribution < 1.29 is 0 Å². The Morgan fingerprint density at radius 3 is 2.45 bits per heavy atom. The van der Waals surface area contributed by atoms with Crippen molar-refractivity contribution in [1.29, 1.82) is 0 Å². The lowest BCUT2D eigenvalue weighted by Crippen LogP contribution is -2.11. The standard InChI is InChI=1S/C30H35N/c1-22-11-7-8-14-29(30-15-9-10-20-31-30)28(22)19-18-26-16-17-27(24(3)23(26)2)21-25-12-5-4-6-13-25/h7-11,15-17,20,25H,4-6,12-13,18-19,21H2,1-3H3. The third-order valence-electron chi connectivity index (χ3n) is 7.26. The van der Waals surface area contributed by atoms with Crippen molar-refractivity contribution in [1.82, 2.24) is 4.98 Å². The minimum Gasteiger partial charge on any atom is -0.256 e. The summed E-state index contributed by atoms with van der Waals surface area (Å²) in [7, 11) is 0. The summed E-state index contributed by atoms with van der Waals surface area (Å²) >= 11 is 0. The normalized spacial score (nSPS) is 17.1. The fourth-order valence-electron chi connectivity index (χ4n) is 5.16. The Morgan fingerprint density at radius 2 is 1.68 bits per heavy atom. The summed E-state index contributed by atoms with van der Waals surface area (Å²) in [5, 5.41) is 0. The maximum atomic E-state index is 4.60. The number of benzene rings is 1. The number of hydrogen-bond acceptors (Lipinski definition) is 1. The van der Waals surface area contributed by atoms with Gasteiger partial charge in [-0.3, -0.25) is 4.98 Å². The van der Waals surface area contributed by atoms with Gasteiger partial charge in [0.2, 0.25) is 0 Å². The van der Waals surface area contributed by atoms with Crippen LogP contribution < -0.4 is 0 Å². The molecule has 0 spiro atoms. The van der Waals surface area contributed by atoms with Crippen LogP contribution in [-0.4, -0.2) is 4.98 Å². The molecule has 160 valence electrons. The van der Waals surface area contributed by atoms with Crippen LogP contribution in [0.1, 0.15) is 73.4 Å². The van der Waals surface area contributed by atoms with E-state index in [4.69, 9.17) is 0 Å². The van der Waals surface area contributed by atoms with Crippen molar-refractivity contribution >= 4 is 5.57 Å². The lowest BCUT2D eigenvalue weighted by atomic mass is 9.82. The van der Waals surface area contributed by atoms with E-state index in [1.807, 2.05) is 18.3 Å². The monoisotopic (exact) mass is 409 g/mol. The van der Waals surface area contributed by atoms with Crippen molar-refractivity contribution in [3.63, 3.8) is 0 Å². The van der Waals surface area contributed by atoms with Crippen LogP contribution in [0, 0.1) is 19.8 Å². The summed E-state index contributed by atoms with van der Waals surface area (Å²) in [6, 6.07) is 10.9. The Bertz CT molecular complexity index is 1040. The number of hydrogen-bond donors (Lipinski definition) is 0. The van der Waals surface area contributed by atoms with Gasteiger partial charge >= 0.3 is 0 Å². The molecule has 1 heteroatoms. The highest BCUT2D eigenvalue weighted by molar-refractivity contribution is 5.79. The molecule has 31 heavy (non-hydrogen) atoms. The van der Waals surface area contributed by atoms with E-state index in [2.05, 4.69) is 67.9 Å². The summed E-state index contributed by atoms with van der Waals surface area (Å²) in [4.78, 5) is 4.60. The van der Waals surface area contributed by atoms with Gasteiger partial charge in [-0.05, 0) is 97.6 Å². The molecule has 0 atom stereocenters. The number of nitrogens with zero attached hydrogens (tertiary/aromatic N) is 1. The number of pyridine rings is 1. The SMILES string of the molecule is CC1=C(CCc2ccc(CC3CCCCC3)c(C)c2C)C(c2ccccn2)=C=CC=C1. The molecule has 0 bridgehead atoms. The zero-order chi connectivity index (χ0) is 21.6. The molecule has 0 radical (unpaired) electrons. The summed E-state index contributed by atoms with van der Waals surface area (Å²) in [5.74, 6) is 0.890. The highest BCUT2D eigenvalue weighted by Gasteiger charge is 2.17. The molecular formula is C30H35N. The molecule has 0 unspecified atom stereocenters. The number of aromatic nitrogens is 1. The number of aryl methyl sites for hydroxylation is 1. The fourth-order valence-corrected chi connectivity index (χ4v) is 5.16. The Kier molecular flexibility index (Phi) is 7.05. The highest BCUT2D eigenvalue weighted by Crippen LogP contribution is 2.32. The molecule has 0 N–H and O–H groups in total. The molecule has 0 aliphatic heterocycles. The largest absolute Gasteiger partial charge is 0.256 e. The van der Waals surface area contributed by atoms with E-state index in [9.17, 15) is 0 Å². The summed E-state index contributed by atoms with van der Waals surface area (Å²) in [5.41, 5.74) is 14.3. The molecule has 1 aromatic heterocycles. The fraction of sp³-hybridized carbons (Fsp3) is 0.400.